The van der Waals surface area contributed by atoms with E-state index in [4.69, 9.17) is 0 Å². The summed E-state index contributed by atoms with van der Waals surface area (Å²) in [6.07, 6.45) is 2.06. The Labute approximate surface area is 114 Å². The minimum absolute atomic E-state index is 0.227. The molecule has 0 aromatic heterocycles. The molecule has 0 heterocycles. The van der Waals surface area contributed by atoms with Crippen LogP contribution in [0.3, 0.4) is 0 Å². The lowest BCUT2D eigenvalue weighted by Gasteiger charge is -2.28. The Kier molecular flexibility index (Phi) is 5.80. The number of hydrogen-bond acceptors (Lipinski definition) is 2. The summed E-state index contributed by atoms with van der Waals surface area (Å²) in [6, 6.07) is 4.43. The molecule has 0 aliphatic rings. The number of benzene rings is 1. The molecule has 1 aromatic rings. The fourth-order valence-electron chi connectivity index (χ4n) is 2.24. The summed E-state index contributed by atoms with van der Waals surface area (Å²) < 4.78 is 13.7. The third-order valence-electron chi connectivity index (χ3n) is 3.56. The third-order valence-corrected chi connectivity index (χ3v) is 3.56. The number of halogens is 1. The van der Waals surface area contributed by atoms with Crippen LogP contribution >= 0.6 is 0 Å². The van der Waals surface area contributed by atoms with Gasteiger partial charge in [0.05, 0.1) is 5.69 Å². The van der Waals surface area contributed by atoms with Crippen LogP contribution in [-0.2, 0) is 0 Å². The highest BCUT2D eigenvalue weighted by Crippen LogP contribution is 2.25. The van der Waals surface area contributed by atoms with E-state index in [1.54, 1.807) is 12.1 Å². The molecule has 4 heteroatoms. The minimum Gasteiger partial charge on any atom is -0.478 e. The zero-order chi connectivity index (χ0) is 14.4. The average Bonchev–Trinajstić information content (AvgIpc) is 2.39. The highest BCUT2D eigenvalue weighted by atomic mass is 19.1. The van der Waals surface area contributed by atoms with Crippen LogP contribution in [0.1, 0.15) is 44.0 Å². The maximum absolute atomic E-state index is 13.7. The van der Waals surface area contributed by atoms with Crippen LogP contribution in [0.25, 0.3) is 0 Å². The largest absolute Gasteiger partial charge is 0.478 e. The summed E-state index contributed by atoms with van der Waals surface area (Å²) >= 11 is 0. The molecular weight excluding hydrogens is 245 g/mol. The smallest absolute Gasteiger partial charge is 0.340 e. The number of aromatic carboxylic acids is 1. The van der Waals surface area contributed by atoms with Gasteiger partial charge in [-0.05, 0) is 25.0 Å². The number of hydrogen-bond donors (Lipinski definition) is 1. The molecular formula is C15H22FNO2. The van der Waals surface area contributed by atoms with Crippen LogP contribution in [0.15, 0.2) is 18.2 Å². The Hall–Kier alpha value is -1.58. The number of carbonyl (C=O) groups is 1. The summed E-state index contributed by atoms with van der Waals surface area (Å²) in [7, 11) is 0. The van der Waals surface area contributed by atoms with Crippen LogP contribution in [0, 0.1) is 11.7 Å². The quantitative estimate of drug-likeness (QED) is 0.817. The van der Waals surface area contributed by atoms with E-state index in [1.807, 2.05) is 11.8 Å². The first-order valence-corrected chi connectivity index (χ1v) is 6.81. The van der Waals surface area contributed by atoms with E-state index < -0.39 is 11.8 Å². The van der Waals surface area contributed by atoms with E-state index >= 15 is 0 Å². The van der Waals surface area contributed by atoms with Crippen LogP contribution in [-0.4, -0.2) is 24.2 Å². The molecule has 0 fully saturated rings. The van der Waals surface area contributed by atoms with Crippen molar-refractivity contribution in [3.63, 3.8) is 0 Å². The first-order valence-electron chi connectivity index (χ1n) is 6.81. The van der Waals surface area contributed by atoms with Crippen molar-refractivity contribution in [2.24, 2.45) is 5.92 Å². The molecule has 0 aliphatic carbocycles. The van der Waals surface area contributed by atoms with Gasteiger partial charge in [0, 0.05) is 13.1 Å². The third kappa shape index (κ3) is 3.69. The normalized spacial score (nSPS) is 10.8. The summed E-state index contributed by atoms with van der Waals surface area (Å²) in [4.78, 5) is 13.2. The van der Waals surface area contributed by atoms with E-state index in [0.717, 1.165) is 19.4 Å². The number of anilines is 1. The van der Waals surface area contributed by atoms with Gasteiger partial charge in [-0.1, -0.05) is 32.8 Å². The summed E-state index contributed by atoms with van der Waals surface area (Å²) in [5.74, 6) is -1.39. The second-order valence-electron chi connectivity index (χ2n) is 4.66. The molecule has 0 amide bonds. The van der Waals surface area contributed by atoms with Gasteiger partial charge in [0.2, 0.25) is 0 Å². The molecule has 0 spiro atoms. The first-order chi connectivity index (χ1) is 9.04. The van der Waals surface area contributed by atoms with E-state index in [-0.39, 0.29) is 5.56 Å². The summed E-state index contributed by atoms with van der Waals surface area (Å²) in [5, 5.41) is 9.17. The Bertz CT molecular complexity index is 430. The molecule has 0 bridgehead atoms. The molecule has 3 nitrogen and oxygen atoms in total. The van der Waals surface area contributed by atoms with Crippen molar-refractivity contribution in [2.45, 2.75) is 33.6 Å². The average molecular weight is 267 g/mol. The summed E-state index contributed by atoms with van der Waals surface area (Å²) in [6.45, 7) is 7.61. The van der Waals surface area contributed by atoms with Crippen molar-refractivity contribution in [3.05, 3.63) is 29.6 Å². The van der Waals surface area contributed by atoms with Gasteiger partial charge in [0.25, 0.3) is 0 Å². The predicted molar refractivity (Wildman–Crippen MR) is 75.3 cm³/mol. The van der Waals surface area contributed by atoms with E-state index in [1.165, 1.54) is 6.07 Å². The summed E-state index contributed by atoms with van der Waals surface area (Å²) in [5.41, 5.74) is 0.247. The van der Waals surface area contributed by atoms with Crippen molar-refractivity contribution >= 4 is 11.7 Å². The van der Waals surface area contributed by atoms with Gasteiger partial charge in [-0.3, -0.25) is 0 Å². The number of nitrogens with zero attached hydrogens (tertiary/aromatic N) is 1. The van der Waals surface area contributed by atoms with Gasteiger partial charge in [-0.15, -0.1) is 0 Å². The molecule has 0 radical (unpaired) electrons. The zero-order valence-corrected chi connectivity index (χ0v) is 11.8. The molecule has 1 N–H and O–H groups in total. The maximum Gasteiger partial charge on any atom is 0.340 e. The monoisotopic (exact) mass is 267 g/mol. The topological polar surface area (TPSA) is 40.5 Å². The Morgan fingerprint density at radius 3 is 2.42 bits per heavy atom. The van der Waals surface area contributed by atoms with Crippen LogP contribution < -0.4 is 4.90 Å². The Morgan fingerprint density at radius 2 is 1.95 bits per heavy atom. The Morgan fingerprint density at radius 1 is 1.32 bits per heavy atom. The van der Waals surface area contributed by atoms with Crippen molar-refractivity contribution < 1.29 is 14.3 Å². The molecule has 0 saturated heterocycles. The van der Waals surface area contributed by atoms with Gasteiger partial charge in [-0.2, -0.15) is 0 Å². The van der Waals surface area contributed by atoms with Crippen molar-refractivity contribution in [3.8, 4) is 0 Å². The molecule has 0 aliphatic heterocycles. The zero-order valence-electron chi connectivity index (χ0n) is 11.8. The highest BCUT2D eigenvalue weighted by molar-refractivity contribution is 5.94. The lowest BCUT2D eigenvalue weighted by Crippen LogP contribution is -2.30. The lowest BCUT2D eigenvalue weighted by molar-refractivity contribution is 0.0692. The van der Waals surface area contributed by atoms with Gasteiger partial charge in [-0.25, -0.2) is 9.18 Å². The van der Waals surface area contributed by atoms with Crippen molar-refractivity contribution in [2.75, 3.05) is 18.0 Å². The van der Waals surface area contributed by atoms with Crippen LogP contribution in [0.4, 0.5) is 10.1 Å². The van der Waals surface area contributed by atoms with Gasteiger partial charge in [0.15, 0.2) is 0 Å². The van der Waals surface area contributed by atoms with E-state index in [0.29, 0.717) is 18.2 Å². The molecule has 1 rings (SSSR count). The van der Waals surface area contributed by atoms with Crippen LogP contribution in [0.2, 0.25) is 0 Å². The molecule has 0 saturated carbocycles. The minimum atomic E-state index is -1.21. The number of carboxylic acids is 1. The van der Waals surface area contributed by atoms with Gasteiger partial charge >= 0.3 is 5.97 Å². The molecule has 0 atom stereocenters. The highest BCUT2D eigenvalue weighted by Gasteiger charge is 2.20. The fraction of sp³-hybridized carbons (Fsp3) is 0.533. The fourth-order valence-corrected chi connectivity index (χ4v) is 2.24. The second-order valence-corrected chi connectivity index (χ2v) is 4.66. The lowest BCUT2D eigenvalue weighted by atomic mass is 10.0. The maximum atomic E-state index is 13.7. The van der Waals surface area contributed by atoms with Crippen molar-refractivity contribution in [1.29, 1.82) is 0 Å². The number of rotatable bonds is 7. The SMILES string of the molecule is CCC(CC)CN(CC)c1cccc(F)c1C(=O)O. The van der Waals surface area contributed by atoms with Gasteiger partial charge < -0.3 is 10.0 Å². The van der Waals surface area contributed by atoms with Crippen molar-refractivity contribution in [1.82, 2.24) is 0 Å². The first kappa shape index (κ1) is 15.5. The predicted octanol–water partition coefficient (Wildman–Crippen LogP) is 3.79. The van der Waals surface area contributed by atoms with E-state index in [2.05, 4.69) is 13.8 Å². The molecule has 19 heavy (non-hydrogen) atoms. The van der Waals surface area contributed by atoms with Crippen LogP contribution in [0.5, 0.6) is 0 Å². The molecule has 1 aromatic carbocycles. The Balaban J connectivity index is 3.11. The van der Waals surface area contributed by atoms with Gasteiger partial charge in [0.1, 0.15) is 11.4 Å². The number of carboxylic acid groups (broad SMARTS) is 1. The van der Waals surface area contributed by atoms with E-state index in [9.17, 15) is 14.3 Å². The molecule has 106 valence electrons. The second kappa shape index (κ2) is 7.12. The standard InChI is InChI=1S/C15H22FNO2/c1-4-11(5-2)10-17(6-3)13-9-7-8-12(16)14(13)15(18)19/h7-9,11H,4-6,10H2,1-3H3,(H,18,19). The molecule has 0 unspecified atom stereocenters.